The predicted octanol–water partition coefficient (Wildman–Crippen LogP) is 2.85. The number of nitro benzene ring substituents is 1. The van der Waals surface area contributed by atoms with Crippen LogP contribution in [0.5, 0.6) is 5.75 Å². The number of nitro groups is 1. The van der Waals surface area contributed by atoms with Gasteiger partial charge in [-0.05, 0) is 43.2 Å². The van der Waals surface area contributed by atoms with Crippen molar-refractivity contribution in [1.82, 2.24) is 0 Å². The minimum absolute atomic E-state index is 0.0783. The van der Waals surface area contributed by atoms with Crippen molar-refractivity contribution >= 4 is 28.9 Å². The van der Waals surface area contributed by atoms with E-state index in [1.54, 1.807) is 6.07 Å². The Morgan fingerprint density at radius 3 is 2.44 bits per heavy atom. The average Bonchev–Trinajstić information content (AvgIpc) is 3.17. The first kappa shape index (κ1) is 18.2. The van der Waals surface area contributed by atoms with Crippen LogP contribution in [0.1, 0.15) is 33.6 Å². The Morgan fingerprint density at radius 1 is 1.11 bits per heavy atom. The first-order chi connectivity index (χ1) is 12.9. The highest BCUT2D eigenvalue weighted by Crippen LogP contribution is 2.32. The van der Waals surface area contributed by atoms with Crippen LogP contribution in [-0.4, -0.2) is 40.1 Å². The fourth-order valence-electron chi connectivity index (χ4n) is 3.02. The van der Waals surface area contributed by atoms with Crippen LogP contribution in [0.4, 0.5) is 17.1 Å². The first-order valence-corrected chi connectivity index (χ1v) is 8.28. The van der Waals surface area contributed by atoms with Gasteiger partial charge in [0.2, 0.25) is 0 Å². The molecular weight excluding hydrogens is 354 g/mol. The Hall–Kier alpha value is -3.62. The maximum absolute atomic E-state index is 12.4. The largest absolute Gasteiger partial charge is 0.507 e. The van der Waals surface area contributed by atoms with Crippen molar-refractivity contribution in [2.45, 2.75) is 12.8 Å². The summed E-state index contributed by atoms with van der Waals surface area (Å²) in [5, 5.41) is 32.4. The molecule has 0 bridgehead atoms. The van der Waals surface area contributed by atoms with Gasteiger partial charge in [-0.1, -0.05) is 0 Å². The molecule has 1 fully saturated rings. The molecule has 2 aromatic rings. The summed E-state index contributed by atoms with van der Waals surface area (Å²) in [6.45, 7) is 1.47. The number of aromatic hydroxyl groups is 1. The molecule has 1 amide bonds. The SMILES string of the molecule is O=C(Nc1ccc(O)c(C(=O)O)c1)c1ccc(N2CCCC2)c([N+](=O)[O-])c1. The van der Waals surface area contributed by atoms with Gasteiger partial charge < -0.3 is 20.4 Å². The minimum atomic E-state index is -1.34. The molecule has 2 aromatic carbocycles. The van der Waals surface area contributed by atoms with Crippen molar-refractivity contribution in [2.24, 2.45) is 0 Å². The van der Waals surface area contributed by atoms with Crippen LogP contribution in [0.15, 0.2) is 36.4 Å². The summed E-state index contributed by atoms with van der Waals surface area (Å²) in [4.78, 5) is 36.3. The van der Waals surface area contributed by atoms with Crippen LogP contribution < -0.4 is 10.2 Å². The highest BCUT2D eigenvalue weighted by molar-refractivity contribution is 6.05. The summed E-state index contributed by atoms with van der Waals surface area (Å²) in [7, 11) is 0. The number of amides is 1. The molecule has 3 N–H and O–H groups in total. The number of hydrogen-bond acceptors (Lipinski definition) is 6. The number of phenols is 1. The molecule has 0 saturated carbocycles. The minimum Gasteiger partial charge on any atom is -0.507 e. The predicted molar refractivity (Wildman–Crippen MR) is 97.6 cm³/mol. The summed E-state index contributed by atoms with van der Waals surface area (Å²) in [6.07, 6.45) is 1.93. The molecule has 0 spiro atoms. The lowest BCUT2D eigenvalue weighted by molar-refractivity contribution is -0.384. The van der Waals surface area contributed by atoms with E-state index < -0.39 is 22.5 Å². The Kier molecular flexibility index (Phi) is 4.93. The third-order valence-electron chi connectivity index (χ3n) is 4.37. The second-order valence-corrected chi connectivity index (χ2v) is 6.15. The van der Waals surface area contributed by atoms with Crippen molar-refractivity contribution in [2.75, 3.05) is 23.3 Å². The van der Waals surface area contributed by atoms with Crippen LogP contribution in [-0.2, 0) is 0 Å². The number of carboxylic acid groups (broad SMARTS) is 1. The van der Waals surface area contributed by atoms with E-state index in [1.807, 2.05) is 4.90 Å². The lowest BCUT2D eigenvalue weighted by Crippen LogP contribution is -2.20. The third kappa shape index (κ3) is 3.81. The zero-order valence-electron chi connectivity index (χ0n) is 14.2. The number of nitrogens with zero attached hydrogens (tertiary/aromatic N) is 2. The number of rotatable bonds is 5. The van der Waals surface area contributed by atoms with Gasteiger partial charge in [0.15, 0.2) is 0 Å². The maximum Gasteiger partial charge on any atom is 0.339 e. The van der Waals surface area contributed by atoms with E-state index in [1.165, 1.54) is 18.2 Å². The van der Waals surface area contributed by atoms with Crippen molar-refractivity contribution in [1.29, 1.82) is 0 Å². The molecule has 9 heteroatoms. The number of carbonyl (C=O) groups is 2. The molecule has 1 heterocycles. The van der Waals surface area contributed by atoms with E-state index >= 15 is 0 Å². The molecule has 0 unspecified atom stereocenters. The van der Waals surface area contributed by atoms with Gasteiger partial charge in [0.25, 0.3) is 11.6 Å². The summed E-state index contributed by atoms with van der Waals surface area (Å²) in [5.41, 5.74) is 0.201. The Balaban J connectivity index is 1.86. The van der Waals surface area contributed by atoms with E-state index in [9.17, 15) is 24.8 Å². The van der Waals surface area contributed by atoms with Gasteiger partial charge in [-0.15, -0.1) is 0 Å². The van der Waals surface area contributed by atoms with E-state index in [-0.39, 0.29) is 22.5 Å². The summed E-state index contributed by atoms with van der Waals surface area (Å²) >= 11 is 0. The molecule has 1 saturated heterocycles. The van der Waals surface area contributed by atoms with Crippen LogP contribution in [0.3, 0.4) is 0 Å². The monoisotopic (exact) mass is 371 g/mol. The number of carbonyl (C=O) groups excluding carboxylic acids is 1. The fourth-order valence-corrected chi connectivity index (χ4v) is 3.02. The van der Waals surface area contributed by atoms with Crippen LogP contribution in [0, 0.1) is 10.1 Å². The van der Waals surface area contributed by atoms with Crippen molar-refractivity contribution < 1.29 is 24.7 Å². The second-order valence-electron chi connectivity index (χ2n) is 6.15. The van der Waals surface area contributed by atoms with E-state index in [0.717, 1.165) is 38.1 Å². The van der Waals surface area contributed by atoms with E-state index in [0.29, 0.717) is 5.69 Å². The lowest BCUT2D eigenvalue weighted by atomic mass is 10.1. The van der Waals surface area contributed by atoms with Crippen molar-refractivity contribution in [3.05, 3.63) is 57.6 Å². The van der Waals surface area contributed by atoms with Crippen LogP contribution in [0.2, 0.25) is 0 Å². The second kappa shape index (κ2) is 7.32. The number of nitrogens with one attached hydrogen (secondary N) is 1. The number of anilines is 2. The van der Waals surface area contributed by atoms with Crippen LogP contribution >= 0.6 is 0 Å². The van der Waals surface area contributed by atoms with Gasteiger partial charge in [0.05, 0.1) is 4.92 Å². The van der Waals surface area contributed by atoms with Gasteiger partial charge >= 0.3 is 5.97 Å². The normalized spacial score (nSPS) is 13.4. The zero-order chi connectivity index (χ0) is 19.6. The van der Waals surface area contributed by atoms with Gasteiger partial charge in [0, 0.05) is 30.4 Å². The highest BCUT2D eigenvalue weighted by Gasteiger charge is 2.24. The maximum atomic E-state index is 12.4. The van der Waals surface area contributed by atoms with E-state index in [2.05, 4.69) is 5.32 Å². The first-order valence-electron chi connectivity index (χ1n) is 8.28. The van der Waals surface area contributed by atoms with Gasteiger partial charge in [-0.2, -0.15) is 0 Å². The fraction of sp³-hybridized carbons (Fsp3) is 0.222. The number of carboxylic acids is 1. The molecule has 9 nitrogen and oxygen atoms in total. The van der Waals surface area contributed by atoms with Gasteiger partial charge in [-0.3, -0.25) is 14.9 Å². The number of hydrogen-bond donors (Lipinski definition) is 3. The van der Waals surface area contributed by atoms with Crippen molar-refractivity contribution in [3.8, 4) is 5.75 Å². The van der Waals surface area contributed by atoms with Gasteiger partial charge in [0.1, 0.15) is 17.0 Å². The summed E-state index contributed by atoms with van der Waals surface area (Å²) in [5.74, 6) is -2.38. The Morgan fingerprint density at radius 2 is 1.81 bits per heavy atom. The Bertz CT molecular complexity index is 921. The third-order valence-corrected chi connectivity index (χ3v) is 4.37. The zero-order valence-corrected chi connectivity index (χ0v) is 14.2. The standard InChI is InChI=1S/C18H17N3O6/c22-16-6-4-12(10-13(16)18(24)25)19-17(23)11-3-5-14(15(9-11)21(26)27)20-7-1-2-8-20/h3-6,9-10,22H,1-2,7-8H2,(H,19,23)(H,24,25). The average molecular weight is 371 g/mol. The summed E-state index contributed by atoms with van der Waals surface area (Å²) < 4.78 is 0. The molecular formula is C18H17N3O6. The molecule has 0 aromatic heterocycles. The molecule has 1 aliphatic rings. The molecule has 140 valence electrons. The smallest absolute Gasteiger partial charge is 0.339 e. The van der Waals surface area contributed by atoms with E-state index in [4.69, 9.17) is 5.11 Å². The molecule has 3 rings (SSSR count). The van der Waals surface area contributed by atoms with Gasteiger partial charge in [-0.25, -0.2) is 4.79 Å². The molecule has 0 atom stereocenters. The Labute approximate surface area is 154 Å². The van der Waals surface area contributed by atoms with Crippen LogP contribution in [0.25, 0.3) is 0 Å². The number of aromatic carboxylic acids is 1. The molecule has 0 aliphatic carbocycles. The van der Waals surface area contributed by atoms with Crippen molar-refractivity contribution in [3.63, 3.8) is 0 Å². The number of benzene rings is 2. The molecule has 27 heavy (non-hydrogen) atoms. The lowest BCUT2D eigenvalue weighted by Gasteiger charge is -2.17. The molecule has 1 aliphatic heterocycles. The quantitative estimate of drug-likeness (QED) is 0.418. The highest BCUT2D eigenvalue weighted by atomic mass is 16.6. The topological polar surface area (TPSA) is 133 Å². The summed E-state index contributed by atoms with van der Waals surface area (Å²) in [6, 6.07) is 7.86. The molecule has 0 radical (unpaired) electrons.